The number of halogens is 1. The van der Waals surface area contributed by atoms with E-state index >= 15 is 0 Å². The minimum absolute atomic E-state index is 0.247. The van der Waals surface area contributed by atoms with E-state index in [0.29, 0.717) is 5.04 Å². The maximum Gasteiger partial charge on any atom is 0.0825 e. The number of hydrogen-bond acceptors (Lipinski definition) is 1. The van der Waals surface area contributed by atoms with Crippen molar-refractivity contribution in [2.45, 2.75) is 70.7 Å². The van der Waals surface area contributed by atoms with Gasteiger partial charge >= 0.3 is 0 Å². The van der Waals surface area contributed by atoms with Crippen molar-refractivity contribution in [3.05, 3.63) is 34.3 Å². The van der Waals surface area contributed by atoms with Gasteiger partial charge in [-0.25, -0.2) is 0 Å². The van der Waals surface area contributed by atoms with Crippen molar-refractivity contribution in [1.29, 1.82) is 0 Å². The summed E-state index contributed by atoms with van der Waals surface area (Å²) >= 11 is 3.51. The van der Waals surface area contributed by atoms with E-state index in [9.17, 15) is 0 Å². The Kier molecular flexibility index (Phi) is 8.21. The summed E-state index contributed by atoms with van der Waals surface area (Å²) in [5.74, 6) is 0. The fourth-order valence-corrected chi connectivity index (χ4v) is 2.78. The molecular formula is C18H31BrOSi. The Balaban J connectivity index is 2.70. The molecule has 0 heterocycles. The highest BCUT2D eigenvalue weighted by Crippen LogP contribution is 2.33. The molecule has 21 heavy (non-hydrogen) atoms. The van der Waals surface area contributed by atoms with Crippen LogP contribution in [0.5, 0.6) is 0 Å². The van der Waals surface area contributed by atoms with Crippen LogP contribution in [0.3, 0.4) is 0 Å². The number of hydrogen-bond donors (Lipinski definition) is 0. The van der Waals surface area contributed by atoms with Crippen LogP contribution >= 0.6 is 15.9 Å². The molecule has 1 aromatic carbocycles. The molecule has 0 spiro atoms. The van der Waals surface area contributed by atoms with Crippen molar-refractivity contribution in [2.24, 2.45) is 0 Å². The van der Waals surface area contributed by atoms with Crippen molar-refractivity contribution in [3.63, 3.8) is 0 Å². The molecular weight excluding hydrogens is 340 g/mol. The first kappa shape index (κ1) is 18.9. The molecule has 0 aliphatic heterocycles. The van der Waals surface area contributed by atoms with Gasteiger partial charge in [0.2, 0.25) is 0 Å². The Morgan fingerprint density at radius 1 is 1.14 bits per heavy atom. The van der Waals surface area contributed by atoms with Gasteiger partial charge in [-0.05, 0) is 29.2 Å². The lowest BCUT2D eigenvalue weighted by atomic mass is 10.0. The van der Waals surface area contributed by atoms with Crippen LogP contribution in [0.4, 0.5) is 0 Å². The van der Waals surface area contributed by atoms with Crippen molar-refractivity contribution < 1.29 is 4.74 Å². The standard InChI is InChI=1S/C18H31BrOSi/c1-6-7-8-9-17(15-10-12-16(19)13-11-15)20-14-18(2,3)21(4)5/h10-13,17,21H,6-9,14H2,1-5H3. The first-order valence-electron chi connectivity index (χ1n) is 8.24. The molecule has 0 bridgehead atoms. The van der Waals surface area contributed by atoms with Crippen LogP contribution in [0.1, 0.15) is 58.1 Å². The van der Waals surface area contributed by atoms with Gasteiger partial charge in [-0.2, -0.15) is 0 Å². The third-order valence-electron chi connectivity index (χ3n) is 4.53. The molecule has 1 nitrogen and oxygen atoms in total. The molecule has 120 valence electrons. The topological polar surface area (TPSA) is 9.23 Å². The first-order valence-corrected chi connectivity index (χ1v) is 11.9. The van der Waals surface area contributed by atoms with E-state index in [2.05, 4.69) is 74.1 Å². The Bertz CT molecular complexity index is 400. The largest absolute Gasteiger partial charge is 0.373 e. The maximum absolute atomic E-state index is 6.36. The number of unbranched alkanes of at least 4 members (excludes halogenated alkanes) is 2. The first-order chi connectivity index (χ1) is 9.86. The SMILES string of the molecule is CCCCCC(OCC(C)(C)[SiH](C)C)c1ccc(Br)cc1. The van der Waals surface area contributed by atoms with Gasteiger partial charge in [0.15, 0.2) is 0 Å². The summed E-state index contributed by atoms with van der Waals surface area (Å²) in [6.45, 7) is 12.7. The molecule has 0 N–H and O–H groups in total. The van der Waals surface area contributed by atoms with Gasteiger partial charge in [0.05, 0.1) is 6.10 Å². The van der Waals surface area contributed by atoms with E-state index in [-0.39, 0.29) is 6.10 Å². The van der Waals surface area contributed by atoms with Crippen molar-refractivity contribution >= 4 is 24.7 Å². The van der Waals surface area contributed by atoms with Gasteiger partial charge in [0.25, 0.3) is 0 Å². The monoisotopic (exact) mass is 370 g/mol. The van der Waals surface area contributed by atoms with E-state index in [1.807, 2.05) is 0 Å². The van der Waals surface area contributed by atoms with Crippen LogP contribution in [0.2, 0.25) is 18.1 Å². The minimum atomic E-state index is -0.706. The minimum Gasteiger partial charge on any atom is -0.373 e. The third kappa shape index (κ3) is 6.66. The zero-order valence-electron chi connectivity index (χ0n) is 14.3. The molecule has 0 fully saturated rings. The number of rotatable bonds is 9. The van der Waals surface area contributed by atoms with Gasteiger partial charge in [0.1, 0.15) is 0 Å². The van der Waals surface area contributed by atoms with Gasteiger partial charge in [-0.15, -0.1) is 0 Å². The van der Waals surface area contributed by atoms with Crippen LogP contribution in [-0.4, -0.2) is 15.4 Å². The molecule has 3 heteroatoms. The lowest BCUT2D eigenvalue weighted by molar-refractivity contribution is 0.0307. The Labute approximate surface area is 141 Å². The molecule has 0 radical (unpaired) electrons. The quantitative estimate of drug-likeness (QED) is 0.363. The Morgan fingerprint density at radius 3 is 2.29 bits per heavy atom. The highest BCUT2D eigenvalue weighted by molar-refractivity contribution is 9.10. The molecule has 1 unspecified atom stereocenters. The van der Waals surface area contributed by atoms with Gasteiger partial charge in [-0.3, -0.25) is 0 Å². The molecule has 0 amide bonds. The van der Waals surface area contributed by atoms with Crippen LogP contribution in [-0.2, 0) is 4.74 Å². The highest BCUT2D eigenvalue weighted by atomic mass is 79.9. The average molecular weight is 371 g/mol. The van der Waals surface area contributed by atoms with E-state index in [4.69, 9.17) is 4.74 Å². The summed E-state index contributed by atoms with van der Waals surface area (Å²) < 4.78 is 7.49. The Hall–Kier alpha value is -0.123. The predicted molar refractivity (Wildman–Crippen MR) is 99.9 cm³/mol. The van der Waals surface area contributed by atoms with Crippen LogP contribution < -0.4 is 0 Å². The Morgan fingerprint density at radius 2 is 1.76 bits per heavy atom. The second-order valence-electron chi connectivity index (χ2n) is 6.99. The molecule has 0 saturated heterocycles. The van der Waals surface area contributed by atoms with E-state index in [1.54, 1.807) is 0 Å². The van der Waals surface area contributed by atoms with Gasteiger partial charge in [-0.1, -0.05) is 81.2 Å². The van der Waals surface area contributed by atoms with E-state index in [0.717, 1.165) is 17.5 Å². The molecule has 1 atom stereocenters. The summed E-state index contributed by atoms with van der Waals surface area (Å²) in [5, 5.41) is 0.359. The van der Waals surface area contributed by atoms with Crippen LogP contribution in [0.15, 0.2) is 28.7 Å². The number of ether oxygens (including phenoxy) is 1. The maximum atomic E-state index is 6.36. The average Bonchev–Trinajstić information content (AvgIpc) is 2.43. The fraction of sp³-hybridized carbons (Fsp3) is 0.667. The molecule has 0 aromatic heterocycles. The summed E-state index contributed by atoms with van der Waals surface area (Å²) in [7, 11) is -0.706. The number of benzene rings is 1. The van der Waals surface area contributed by atoms with Crippen molar-refractivity contribution in [1.82, 2.24) is 0 Å². The van der Waals surface area contributed by atoms with Gasteiger partial charge < -0.3 is 4.74 Å². The zero-order chi connectivity index (χ0) is 15.9. The molecule has 0 aliphatic carbocycles. The van der Waals surface area contributed by atoms with Gasteiger partial charge in [0, 0.05) is 19.9 Å². The normalized spacial score (nSPS) is 13.7. The summed E-state index contributed by atoms with van der Waals surface area (Å²) in [6, 6.07) is 8.63. The van der Waals surface area contributed by atoms with E-state index in [1.165, 1.54) is 24.8 Å². The summed E-state index contributed by atoms with van der Waals surface area (Å²) in [6.07, 6.45) is 5.18. The lowest BCUT2D eigenvalue weighted by Crippen LogP contribution is -2.27. The third-order valence-corrected chi connectivity index (χ3v) is 8.35. The predicted octanol–water partition coefficient (Wildman–Crippen LogP) is 6.35. The highest BCUT2D eigenvalue weighted by Gasteiger charge is 2.25. The van der Waals surface area contributed by atoms with Crippen LogP contribution in [0, 0.1) is 0 Å². The summed E-state index contributed by atoms with van der Waals surface area (Å²) in [5.41, 5.74) is 1.32. The molecule has 0 saturated carbocycles. The van der Waals surface area contributed by atoms with Crippen LogP contribution in [0.25, 0.3) is 0 Å². The fourth-order valence-electron chi connectivity index (χ4n) is 2.09. The second-order valence-corrected chi connectivity index (χ2v) is 11.8. The zero-order valence-corrected chi connectivity index (χ0v) is 17.0. The smallest absolute Gasteiger partial charge is 0.0825 e. The molecule has 1 aromatic rings. The van der Waals surface area contributed by atoms with Crippen molar-refractivity contribution in [2.75, 3.05) is 6.61 Å². The lowest BCUT2D eigenvalue weighted by Gasteiger charge is -2.30. The molecule has 0 aliphatic rings. The van der Waals surface area contributed by atoms with E-state index < -0.39 is 8.80 Å². The van der Waals surface area contributed by atoms with Crippen molar-refractivity contribution in [3.8, 4) is 0 Å². The summed E-state index contributed by atoms with van der Waals surface area (Å²) in [4.78, 5) is 0. The second kappa shape index (κ2) is 9.11. The molecule has 1 rings (SSSR count).